The molecule has 118 valence electrons. The van der Waals surface area contributed by atoms with E-state index in [0.29, 0.717) is 12.1 Å². The molecule has 0 unspecified atom stereocenters. The zero-order valence-corrected chi connectivity index (χ0v) is 13.1. The van der Waals surface area contributed by atoms with Crippen LogP contribution in [0.2, 0.25) is 0 Å². The Kier molecular flexibility index (Phi) is 2.90. The first-order valence-corrected chi connectivity index (χ1v) is 7.58. The topological polar surface area (TPSA) is 65.1 Å². The van der Waals surface area contributed by atoms with Crippen LogP contribution in [-0.2, 0) is 20.5 Å². The van der Waals surface area contributed by atoms with Crippen molar-refractivity contribution in [3.8, 4) is 0 Å². The van der Waals surface area contributed by atoms with Crippen LogP contribution in [0.5, 0.6) is 0 Å². The lowest BCUT2D eigenvalue weighted by Gasteiger charge is -2.29. The summed E-state index contributed by atoms with van der Waals surface area (Å²) >= 11 is 0. The Bertz CT molecular complexity index is 978. The lowest BCUT2D eigenvalue weighted by molar-refractivity contribution is 0.0952. The van der Waals surface area contributed by atoms with Gasteiger partial charge in [0.1, 0.15) is 5.82 Å². The van der Waals surface area contributed by atoms with Crippen molar-refractivity contribution in [2.75, 3.05) is 11.6 Å². The van der Waals surface area contributed by atoms with Crippen molar-refractivity contribution in [1.82, 2.24) is 18.8 Å². The van der Waals surface area contributed by atoms with Gasteiger partial charge in [-0.15, -0.1) is 0 Å². The second kappa shape index (κ2) is 4.84. The monoisotopic (exact) mass is 311 g/mol. The summed E-state index contributed by atoms with van der Waals surface area (Å²) in [5.74, 6) is 0.819. The van der Waals surface area contributed by atoms with E-state index in [-0.39, 0.29) is 11.6 Å². The number of nitrogens with zero attached hydrogens (tertiary/aromatic N) is 5. The maximum absolute atomic E-state index is 12.9. The van der Waals surface area contributed by atoms with Gasteiger partial charge in [-0.05, 0) is 24.6 Å². The molecule has 3 heterocycles. The number of imidazole rings is 2. The fourth-order valence-electron chi connectivity index (χ4n) is 3.21. The zero-order valence-electron chi connectivity index (χ0n) is 13.1. The molecule has 0 bridgehead atoms. The van der Waals surface area contributed by atoms with Crippen LogP contribution in [0.25, 0.3) is 11.0 Å². The fourth-order valence-corrected chi connectivity index (χ4v) is 3.21. The number of amides is 1. The third-order valence-corrected chi connectivity index (χ3v) is 4.48. The van der Waals surface area contributed by atoms with Gasteiger partial charge in [-0.3, -0.25) is 13.9 Å². The van der Waals surface area contributed by atoms with Crippen LogP contribution in [0, 0.1) is 0 Å². The summed E-state index contributed by atoms with van der Waals surface area (Å²) in [6.45, 7) is 0.661. The van der Waals surface area contributed by atoms with E-state index >= 15 is 0 Å². The smallest absolute Gasteiger partial charge is 0.295 e. The molecule has 0 saturated heterocycles. The Morgan fingerprint density at radius 1 is 1.17 bits per heavy atom. The van der Waals surface area contributed by atoms with E-state index in [4.69, 9.17) is 0 Å². The van der Waals surface area contributed by atoms with Crippen molar-refractivity contribution in [3.63, 3.8) is 0 Å². The molecule has 1 aliphatic heterocycles. The average Bonchev–Trinajstić information content (AvgIpc) is 3.14. The number of aryl methyl sites for hydroxylation is 3. The van der Waals surface area contributed by atoms with E-state index in [1.807, 2.05) is 16.9 Å². The van der Waals surface area contributed by atoms with Gasteiger partial charge in [-0.25, -0.2) is 19.5 Å². The van der Waals surface area contributed by atoms with E-state index in [2.05, 4.69) is 4.98 Å². The minimum Gasteiger partial charge on any atom is -0.295 e. The second-order valence-electron chi connectivity index (χ2n) is 5.82. The predicted molar refractivity (Wildman–Crippen MR) is 86.1 cm³/mol. The van der Waals surface area contributed by atoms with Gasteiger partial charge in [-0.1, -0.05) is 0 Å². The van der Waals surface area contributed by atoms with Crippen molar-refractivity contribution in [2.24, 2.45) is 14.1 Å². The first-order valence-electron chi connectivity index (χ1n) is 7.58. The molecular formula is C16H17N5O2. The molecule has 4 rings (SSSR count). The molecule has 1 aromatic carbocycles. The van der Waals surface area contributed by atoms with Gasteiger partial charge in [0, 0.05) is 45.0 Å². The zero-order chi connectivity index (χ0) is 16.1. The molecule has 0 radical (unpaired) electrons. The summed E-state index contributed by atoms with van der Waals surface area (Å²) < 4.78 is 4.96. The molecule has 0 saturated carbocycles. The van der Waals surface area contributed by atoms with Crippen LogP contribution in [0.4, 0.5) is 0 Å². The van der Waals surface area contributed by atoms with Gasteiger partial charge in [0.05, 0.1) is 11.0 Å². The standard InChI is InChI=1S/C16H17N5O2/c1-18-12-6-5-11(10-13(12)19(2)16(18)23)15(22)21-8-3-4-14-17-7-9-20(14)21/h5-7,9-10H,3-4,8H2,1-2H3. The lowest BCUT2D eigenvalue weighted by atomic mass is 10.1. The quantitative estimate of drug-likeness (QED) is 0.668. The van der Waals surface area contributed by atoms with Crippen molar-refractivity contribution in [1.29, 1.82) is 0 Å². The van der Waals surface area contributed by atoms with Crippen LogP contribution in [0.1, 0.15) is 22.6 Å². The third kappa shape index (κ3) is 1.93. The molecule has 0 aliphatic carbocycles. The number of carbonyl (C=O) groups is 1. The molecular weight excluding hydrogens is 294 g/mol. The van der Waals surface area contributed by atoms with Gasteiger partial charge in [-0.2, -0.15) is 0 Å². The van der Waals surface area contributed by atoms with Gasteiger partial charge in [0.2, 0.25) is 0 Å². The van der Waals surface area contributed by atoms with Crippen LogP contribution in [0.15, 0.2) is 35.4 Å². The minimum atomic E-state index is -0.0977. The van der Waals surface area contributed by atoms with E-state index in [1.165, 1.54) is 0 Å². The Balaban J connectivity index is 1.80. The Morgan fingerprint density at radius 3 is 2.78 bits per heavy atom. The highest BCUT2D eigenvalue weighted by atomic mass is 16.2. The van der Waals surface area contributed by atoms with Crippen LogP contribution in [0.3, 0.4) is 0 Å². The Labute approximate surface area is 132 Å². The molecule has 7 heteroatoms. The lowest BCUT2D eigenvalue weighted by Crippen LogP contribution is -2.44. The SMILES string of the molecule is Cn1c(=O)n(C)c2cc(C(=O)N3CCCc4nccn43)ccc21. The van der Waals surface area contributed by atoms with Gasteiger partial charge in [0.15, 0.2) is 0 Å². The maximum Gasteiger partial charge on any atom is 0.328 e. The minimum absolute atomic E-state index is 0.0813. The second-order valence-corrected chi connectivity index (χ2v) is 5.82. The average molecular weight is 311 g/mol. The number of hydrogen-bond donors (Lipinski definition) is 0. The van der Waals surface area contributed by atoms with Gasteiger partial charge >= 0.3 is 5.69 Å². The number of hydrogen-bond acceptors (Lipinski definition) is 3. The third-order valence-electron chi connectivity index (χ3n) is 4.48. The first-order chi connectivity index (χ1) is 11.1. The highest BCUT2D eigenvalue weighted by Crippen LogP contribution is 2.18. The van der Waals surface area contributed by atoms with E-state index in [1.54, 1.807) is 46.6 Å². The molecule has 0 N–H and O–H groups in total. The van der Waals surface area contributed by atoms with Crippen molar-refractivity contribution in [2.45, 2.75) is 12.8 Å². The molecule has 0 atom stereocenters. The van der Waals surface area contributed by atoms with Gasteiger partial charge in [0.25, 0.3) is 5.91 Å². The summed E-state index contributed by atoms with van der Waals surface area (Å²) in [7, 11) is 3.45. The Morgan fingerprint density at radius 2 is 1.96 bits per heavy atom. The van der Waals surface area contributed by atoms with Crippen LogP contribution >= 0.6 is 0 Å². The summed E-state index contributed by atoms with van der Waals surface area (Å²) in [6.07, 6.45) is 5.30. The number of fused-ring (bicyclic) bond motifs is 2. The normalized spacial score (nSPS) is 14.3. The molecule has 1 amide bonds. The van der Waals surface area contributed by atoms with Gasteiger partial charge < -0.3 is 0 Å². The van der Waals surface area contributed by atoms with E-state index in [0.717, 1.165) is 29.7 Å². The molecule has 0 fully saturated rings. The summed E-state index contributed by atoms with van der Waals surface area (Å²) in [5.41, 5.74) is 2.04. The van der Waals surface area contributed by atoms with Crippen molar-refractivity contribution < 1.29 is 4.79 Å². The molecule has 2 aromatic heterocycles. The first kappa shape index (κ1) is 13.8. The summed E-state index contributed by atoms with van der Waals surface area (Å²) in [4.78, 5) is 29.2. The molecule has 23 heavy (non-hydrogen) atoms. The predicted octanol–water partition coefficient (Wildman–Crippen LogP) is 0.798. The van der Waals surface area contributed by atoms with E-state index < -0.39 is 0 Å². The number of aromatic nitrogens is 4. The molecule has 0 spiro atoms. The van der Waals surface area contributed by atoms with Crippen molar-refractivity contribution in [3.05, 3.63) is 52.5 Å². The molecule has 1 aliphatic rings. The molecule has 3 aromatic rings. The fraction of sp³-hybridized carbons (Fsp3) is 0.312. The molecule has 7 nitrogen and oxygen atoms in total. The Hall–Kier alpha value is -2.83. The highest BCUT2D eigenvalue weighted by Gasteiger charge is 2.24. The maximum atomic E-state index is 12.9. The van der Waals surface area contributed by atoms with E-state index in [9.17, 15) is 9.59 Å². The largest absolute Gasteiger partial charge is 0.328 e. The van der Waals surface area contributed by atoms with Crippen LogP contribution in [-0.4, -0.2) is 31.2 Å². The number of benzene rings is 1. The summed E-state index contributed by atoms with van der Waals surface area (Å²) in [5, 5.41) is 1.70. The number of carbonyl (C=O) groups excluding carboxylic acids is 1. The van der Waals surface area contributed by atoms with Crippen LogP contribution < -0.4 is 10.7 Å². The highest BCUT2D eigenvalue weighted by molar-refractivity contribution is 6.03. The van der Waals surface area contributed by atoms with Crippen molar-refractivity contribution >= 4 is 16.9 Å². The summed E-state index contributed by atoms with van der Waals surface area (Å²) in [6, 6.07) is 5.38. The number of rotatable bonds is 1.